The summed E-state index contributed by atoms with van der Waals surface area (Å²) in [5.74, 6) is 1.83. The fourth-order valence-corrected chi connectivity index (χ4v) is 7.20. The van der Waals surface area contributed by atoms with Crippen LogP contribution in [0.1, 0.15) is 99.1 Å². The summed E-state index contributed by atoms with van der Waals surface area (Å²) in [6, 6.07) is 20.5. The molecular weight excluding hydrogens is 544 g/mol. The van der Waals surface area contributed by atoms with Crippen molar-refractivity contribution in [2.24, 2.45) is 0 Å². The molecule has 226 valence electrons. The van der Waals surface area contributed by atoms with Crippen molar-refractivity contribution in [3.05, 3.63) is 88.5 Å². The van der Waals surface area contributed by atoms with Gasteiger partial charge in [-0.05, 0) is 69.3 Å². The SMILES string of the molecule is COc1ccc(C2CC(OC(=O)CCc3cc(C(C)(C)C)c(O)c(C(C)(C)C)c3)CC(c3ccc(OC)cc3)S2)cc1. The zero-order valence-electron chi connectivity index (χ0n) is 26.3. The summed E-state index contributed by atoms with van der Waals surface area (Å²) in [6.45, 7) is 12.6. The van der Waals surface area contributed by atoms with Crippen LogP contribution in [0.3, 0.4) is 0 Å². The van der Waals surface area contributed by atoms with Gasteiger partial charge in [0, 0.05) is 29.8 Å². The molecule has 0 aliphatic carbocycles. The van der Waals surface area contributed by atoms with Crippen molar-refractivity contribution in [2.75, 3.05) is 14.2 Å². The molecule has 0 radical (unpaired) electrons. The third-order valence-corrected chi connectivity index (χ3v) is 9.55. The van der Waals surface area contributed by atoms with Crippen LogP contribution in [0.4, 0.5) is 0 Å². The molecule has 6 heteroatoms. The molecule has 0 aromatic heterocycles. The van der Waals surface area contributed by atoms with E-state index in [2.05, 4.69) is 77.9 Å². The van der Waals surface area contributed by atoms with Crippen molar-refractivity contribution in [1.82, 2.24) is 0 Å². The first-order valence-corrected chi connectivity index (χ1v) is 15.7. The van der Waals surface area contributed by atoms with Crippen LogP contribution in [0.2, 0.25) is 0 Å². The van der Waals surface area contributed by atoms with Gasteiger partial charge >= 0.3 is 5.97 Å². The second kappa shape index (κ2) is 13.0. The van der Waals surface area contributed by atoms with E-state index in [0.717, 1.165) is 41.0 Å². The van der Waals surface area contributed by atoms with E-state index >= 15 is 0 Å². The van der Waals surface area contributed by atoms with Crippen molar-refractivity contribution < 1.29 is 24.1 Å². The van der Waals surface area contributed by atoms with E-state index in [0.29, 0.717) is 18.6 Å². The summed E-state index contributed by atoms with van der Waals surface area (Å²) in [5.41, 5.74) is 4.84. The first-order chi connectivity index (χ1) is 19.8. The van der Waals surface area contributed by atoms with Crippen LogP contribution in [-0.4, -0.2) is 31.4 Å². The molecule has 0 bridgehead atoms. The molecule has 1 N–H and O–H groups in total. The summed E-state index contributed by atoms with van der Waals surface area (Å²) >= 11 is 1.92. The number of esters is 1. The largest absolute Gasteiger partial charge is 0.507 e. The lowest BCUT2D eigenvalue weighted by Gasteiger charge is -2.35. The number of carbonyl (C=O) groups excluding carboxylic acids is 1. The lowest BCUT2D eigenvalue weighted by molar-refractivity contribution is -0.149. The number of benzene rings is 3. The molecule has 2 unspecified atom stereocenters. The van der Waals surface area contributed by atoms with Gasteiger partial charge in [-0.2, -0.15) is 0 Å². The van der Waals surface area contributed by atoms with E-state index in [1.807, 2.05) is 36.0 Å². The minimum absolute atomic E-state index is 0.184. The quantitative estimate of drug-likeness (QED) is 0.264. The summed E-state index contributed by atoms with van der Waals surface area (Å²) in [5, 5.41) is 11.4. The molecule has 1 heterocycles. The first kappa shape index (κ1) is 31.8. The first-order valence-electron chi connectivity index (χ1n) is 14.8. The molecule has 1 aliphatic heterocycles. The number of hydrogen-bond acceptors (Lipinski definition) is 6. The van der Waals surface area contributed by atoms with Gasteiger partial charge in [0.15, 0.2) is 0 Å². The summed E-state index contributed by atoms with van der Waals surface area (Å²) < 4.78 is 16.9. The molecule has 1 saturated heterocycles. The Balaban J connectivity index is 1.51. The Morgan fingerprint density at radius 2 is 1.21 bits per heavy atom. The average Bonchev–Trinajstić information content (AvgIpc) is 2.95. The van der Waals surface area contributed by atoms with Gasteiger partial charge in [0.2, 0.25) is 0 Å². The van der Waals surface area contributed by atoms with Crippen molar-refractivity contribution in [2.45, 2.75) is 94.7 Å². The molecule has 42 heavy (non-hydrogen) atoms. The summed E-state index contributed by atoms with van der Waals surface area (Å²) in [4.78, 5) is 13.3. The fraction of sp³-hybridized carbons (Fsp3) is 0.472. The normalized spacial score (nSPS) is 19.3. The Labute approximate surface area is 256 Å². The number of thioether (sulfide) groups is 1. The highest BCUT2D eigenvalue weighted by molar-refractivity contribution is 7.99. The van der Waals surface area contributed by atoms with Crippen molar-refractivity contribution in [3.8, 4) is 17.2 Å². The van der Waals surface area contributed by atoms with E-state index in [-0.39, 0.29) is 33.4 Å². The van der Waals surface area contributed by atoms with Gasteiger partial charge < -0.3 is 19.3 Å². The van der Waals surface area contributed by atoms with E-state index in [1.54, 1.807) is 14.2 Å². The maximum atomic E-state index is 13.3. The van der Waals surface area contributed by atoms with Crippen molar-refractivity contribution >= 4 is 17.7 Å². The van der Waals surface area contributed by atoms with Gasteiger partial charge in [-0.1, -0.05) is 77.9 Å². The Morgan fingerprint density at radius 3 is 1.60 bits per heavy atom. The number of aryl methyl sites for hydroxylation is 1. The summed E-state index contributed by atoms with van der Waals surface area (Å²) in [6.07, 6.45) is 2.19. The third kappa shape index (κ3) is 7.83. The Bertz CT molecular complexity index is 1260. The summed E-state index contributed by atoms with van der Waals surface area (Å²) in [7, 11) is 3.34. The molecule has 3 aromatic carbocycles. The van der Waals surface area contributed by atoms with Crippen LogP contribution < -0.4 is 9.47 Å². The van der Waals surface area contributed by atoms with Crippen molar-refractivity contribution in [1.29, 1.82) is 0 Å². The van der Waals surface area contributed by atoms with Gasteiger partial charge in [-0.15, -0.1) is 11.8 Å². The molecule has 5 nitrogen and oxygen atoms in total. The number of phenols is 1. The second-order valence-corrected chi connectivity index (χ2v) is 14.7. The number of carbonyl (C=O) groups is 1. The lowest BCUT2D eigenvalue weighted by atomic mass is 9.78. The van der Waals surface area contributed by atoms with E-state index < -0.39 is 0 Å². The minimum atomic E-state index is -0.215. The molecule has 1 fully saturated rings. The predicted molar refractivity (Wildman–Crippen MR) is 172 cm³/mol. The van der Waals surface area contributed by atoms with Gasteiger partial charge in [-0.3, -0.25) is 4.79 Å². The van der Waals surface area contributed by atoms with Crippen LogP contribution >= 0.6 is 11.8 Å². The van der Waals surface area contributed by atoms with Gasteiger partial charge in [0.1, 0.15) is 23.4 Å². The highest BCUT2D eigenvalue weighted by Crippen LogP contribution is 2.51. The van der Waals surface area contributed by atoms with Gasteiger partial charge in [-0.25, -0.2) is 0 Å². The zero-order valence-corrected chi connectivity index (χ0v) is 27.1. The number of phenolic OH excluding ortho intramolecular Hbond substituents is 1. The molecule has 4 rings (SSSR count). The fourth-order valence-electron chi connectivity index (χ4n) is 5.52. The second-order valence-electron chi connectivity index (χ2n) is 13.3. The standard InChI is InChI=1S/C36H46O5S/c1-35(2,3)29-19-23(20-30(34(29)38)36(4,5)6)9-18-33(37)41-28-21-31(24-10-14-26(39-7)15-11-24)42-32(22-28)25-12-16-27(40-8)17-13-25/h10-17,19-20,28,31-32,38H,9,18,21-22H2,1-8H3. The number of hydrogen-bond donors (Lipinski definition) is 1. The zero-order chi connectivity index (χ0) is 30.7. The smallest absolute Gasteiger partial charge is 0.306 e. The average molecular weight is 591 g/mol. The van der Waals surface area contributed by atoms with E-state index in [9.17, 15) is 9.90 Å². The highest BCUT2D eigenvalue weighted by atomic mass is 32.2. The van der Waals surface area contributed by atoms with Gasteiger partial charge in [0.05, 0.1) is 14.2 Å². The van der Waals surface area contributed by atoms with Crippen LogP contribution in [-0.2, 0) is 26.8 Å². The van der Waals surface area contributed by atoms with Crippen LogP contribution in [0, 0.1) is 0 Å². The maximum Gasteiger partial charge on any atom is 0.306 e. The van der Waals surface area contributed by atoms with Crippen LogP contribution in [0.25, 0.3) is 0 Å². The maximum absolute atomic E-state index is 13.3. The van der Waals surface area contributed by atoms with Crippen LogP contribution in [0.5, 0.6) is 17.2 Å². The topological polar surface area (TPSA) is 65.0 Å². The lowest BCUT2D eigenvalue weighted by Crippen LogP contribution is -2.26. The number of ether oxygens (including phenoxy) is 3. The minimum Gasteiger partial charge on any atom is -0.507 e. The number of aromatic hydroxyl groups is 1. The van der Waals surface area contributed by atoms with Crippen molar-refractivity contribution in [3.63, 3.8) is 0 Å². The predicted octanol–water partition coefficient (Wildman–Crippen LogP) is 8.86. The molecular formula is C36H46O5S. The Hall–Kier alpha value is -3.12. The number of rotatable bonds is 8. The number of methoxy groups -OCH3 is 2. The molecule has 2 atom stereocenters. The molecule has 3 aromatic rings. The highest BCUT2D eigenvalue weighted by Gasteiger charge is 2.34. The monoisotopic (exact) mass is 590 g/mol. The molecule has 0 saturated carbocycles. The van der Waals surface area contributed by atoms with E-state index in [1.165, 1.54) is 11.1 Å². The molecule has 0 spiro atoms. The molecule has 0 amide bonds. The van der Waals surface area contributed by atoms with Gasteiger partial charge in [0.25, 0.3) is 0 Å². The third-order valence-electron chi connectivity index (χ3n) is 7.96. The Morgan fingerprint density at radius 1 is 0.786 bits per heavy atom. The van der Waals surface area contributed by atoms with Crippen LogP contribution in [0.15, 0.2) is 60.7 Å². The van der Waals surface area contributed by atoms with E-state index in [4.69, 9.17) is 14.2 Å². The Kier molecular flexibility index (Phi) is 9.87. The molecule has 1 aliphatic rings.